The van der Waals surface area contributed by atoms with Crippen molar-refractivity contribution >= 4 is 11.8 Å². The van der Waals surface area contributed by atoms with Crippen LogP contribution < -0.4 is 10.6 Å². The van der Waals surface area contributed by atoms with Crippen LogP contribution in [-0.4, -0.2) is 40.9 Å². The number of amides is 2. The molecule has 6 heteroatoms. The monoisotopic (exact) mass is 481 g/mol. The van der Waals surface area contributed by atoms with Crippen LogP contribution in [0.4, 0.5) is 0 Å². The zero-order chi connectivity index (χ0) is 25.8. The highest BCUT2D eigenvalue weighted by Crippen LogP contribution is 2.30. The summed E-state index contributed by atoms with van der Waals surface area (Å²) < 4.78 is 5.75. The molecule has 0 bridgehead atoms. The fourth-order valence-electron chi connectivity index (χ4n) is 4.84. The molecule has 192 valence electrons. The van der Waals surface area contributed by atoms with Gasteiger partial charge in [0.05, 0.1) is 12.1 Å². The number of furan rings is 1. The van der Waals surface area contributed by atoms with Crippen molar-refractivity contribution in [3.63, 3.8) is 0 Å². The SMILES string of the molecule is Cc1oc(C(C)(C)C)cc1C(=O)NCC(=O)NC1CCC(N(Cc2ccccc2)C(C)(C)C)CC1. The highest BCUT2D eigenvalue weighted by Gasteiger charge is 2.32. The second-order valence-corrected chi connectivity index (χ2v) is 11.9. The highest BCUT2D eigenvalue weighted by molar-refractivity contribution is 5.97. The Kier molecular flexibility index (Phi) is 8.47. The summed E-state index contributed by atoms with van der Waals surface area (Å²) in [5.74, 6) is 0.918. The third-order valence-corrected chi connectivity index (χ3v) is 6.87. The smallest absolute Gasteiger partial charge is 0.255 e. The van der Waals surface area contributed by atoms with Crippen molar-refractivity contribution in [2.45, 2.75) is 104 Å². The number of aryl methyl sites for hydroxylation is 1. The van der Waals surface area contributed by atoms with Crippen LogP contribution in [-0.2, 0) is 16.8 Å². The molecule has 1 aromatic heterocycles. The largest absolute Gasteiger partial charge is 0.465 e. The second-order valence-electron chi connectivity index (χ2n) is 11.9. The van der Waals surface area contributed by atoms with Gasteiger partial charge in [0, 0.05) is 29.6 Å². The molecule has 1 saturated carbocycles. The van der Waals surface area contributed by atoms with Gasteiger partial charge < -0.3 is 15.1 Å². The number of rotatable bonds is 7. The van der Waals surface area contributed by atoms with Crippen molar-refractivity contribution in [1.29, 1.82) is 0 Å². The molecule has 35 heavy (non-hydrogen) atoms. The van der Waals surface area contributed by atoms with Crippen LogP contribution in [0.25, 0.3) is 0 Å². The molecule has 1 aliphatic rings. The molecule has 2 aromatic rings. The van der Waals surface area contributed by atoms with Crippen LogP contribution >= 0.6 is 0 Å². The van der Waals surface area contributed by atoms with E-state index < -0.39 is 0 Å². The lowest BCUT2D eigenvalue weighted by molar-refractivity contribution is -0.121. The minimum Gasteiger partial charge on any atom is -0.465 e. The Morgan fingerprint density at radius 2 is 1.63 bits per heavy atom. The van der Waals surface area contributed by atoms with Gasteiger partial charge in [-0.1, -0.05) is 51.1 Å². The summed E-state index contributed by atoms with van der Waals surface area (Å²) in [7, 11) is 0. The van der Waals surface area contributed by atoms with Crippen molar-refractivity contribution in [2.75, 3.05) is 6.54 Å². The fraction of sp³-hybridized carbons (Fsp3) is 0.586. The zero-order valence-electron chi connectivity index (χ0n) is 22.5. The van der Waals surface area contributed by atoms with E-state index in [0.717, 1.165) is 38.0 Å². The predicted octanol–water partition coefficient (Wildman–Crippen LogP) is 5.34. The Morgan fingerprint density at radius 1 is 1.00 bits per heavy atom. The number of benzene rings is 1. The average molecular weight is 482 g/mol. The molecule has 0 spiro atoms. The molecule has 1 fully saturated rings. The van der Waals surface area contributed by atoms with Gasteiger partial charge in [0.2, 0.25) is 5.91 Å². The minimum atomic E-state index is -0.276. The van der Waals surface area contributed by atoms with Gasteiger partial charge in [0.15, 0.2) is 0 Å². The number of hydrogen-bond acceptors (Lipinski definition) is 4. The van der Waals surface area contributed by atoms with E-state index >= 15 is 0 Å². The van der Waals surface area contributed by atoms with E-state index in [1.165, 1.54) is 5.56 Å². The number of carbonyl (C=O) groups excluding carboxylic acids is 2. The standard InChI is InChI=1S/C29H43N3O3/c1-20-24(17-25(35-20)28(2,3)4)27(34)30-18-26(33)31-22-13-15-23(16-14-22)32(29(5,6)7)19-21-11-9-8-10-12-21/h8-12,17,22-23H,13-16,18-19H2,1-7H3,(H,30,34)(H,31,33). The Bertz CT molecular complexity index is 990. The van der Waals surface area contributed by atoms with Crippen molar-refractivity contribution in [2.24, 2.45) is 0 Å². The topological polar surface area (TPSA) is 74.6 Å². The van der Waals surface area contributed by atoms with Gasteiger partial charge in [-0.05, 0) is 65.0 Å². The van der Waals surface area contributed by atoms with Gasteiger partial charge >= 0.3 is 0 Å². The average Bonchev–Trinajstić information content (AvgIpc) is 3.19. The van der Waals surface area contributed by atoms with E-state index in [4.69, 9.17) is 4.42 Å². The maximum absolute atomic E-state index is 12.6. The van der Waals surface area contributed by atoms with E-state index in [0.29, 0.717) is 17.4 Å². The molecule has 1 heterocycles. The predicted molar refractivity (Wildman–Crippen MR) is 140 cm³/mol. The molecule has 0 saturated heterocycles. The third kappa shape index (κ3) is 7.44. The lowest BCUT2D eigenvalue weighted by Crippen LogP contribution is -2.51. The van der Waals surface area contributed by atoms with Crippen LogP contribution in [0.1, 0.15) is 94.7 Å². The quantitative estimate of drug-likeness (QED) is 0.560. The molecule has 3 rings (SSSR count). The number of carbonyl (C=O) groups is 2. The maximum Gasteiger partial charge on any atom is 0.255 e. The van der Waals surface area contributed by atoms with Gasteiger partial charge in [0.1, 0.15) is 11.5 Å². The van der Waals surface area contributed by atoms with Gasteiger partial charge in [-0.3, -0.25) is 14.5 Å². The first kappa shape index (κ1) is 27.0. The molecule has 1 aromatic carbocycles. The van der Waals surface area contributed by atoms with Crippen molar-refractivity contribution in [3.8, 4) is 0 Å². The number of nitrogens with one attached hydrogen (secondary N) is 2. The normalized spacial score (nSPS) is 19.0. The molecular formula is C29H43N3O3. The Labute approximate surface area is 210 Å². The van der Waals surface area contributed by atoms with Crippen LogP contribution in [0, 0.1) is 6.92 Å². The summed E-state index contributed by atoms with van der Waals surface area (Å²) in [6.07, 6.45) is 3.99. The van der Waals surface area contributed by atoms with Crippen LogP contribution in [0.2, 0.25) is 0 Å². The van der Waals surface area contributed by atoms with Crippen LogP contribution in [0.3, 0.4) is 0 Å². The molecule has 0 unspecified atom stereocenters. The number of hydrogen-bond donors (Lipinski definition) is 2. The van der Waals surface area contributed by atoms with E-state index in [-0.39, 0.29) is 35.4 Å². The zero-order valence-corrected chi connectivity index (χ0v) is 22.5. The molecule has 2 N–H and O–H groups in total. The first-order chi connectivity index (χ1) is 16.3. The molecule has 0 radical (unpaired) electrons. The summed E-state index contributed by atoms with van der Waals surface area (Å²) in [6, 6.07) is 13.0. The van der Waals surface area contributed by atoms with E-state index in [9.17, 15) is 9.59 Å². The van der Waals surface area contributed by atoms with Gasteiger partial charge in [0.25, 0.3) is 5.91 Å². The molecule has 0 aliphatic heterocycles. The van der Waals surface area contributed by atoms with E-state index in [1.54, 1.807) is 13.0 Å². The first-order valence-corrected chi connectivity index (χ1v) is 12.8. The van der Waals surface area contributed by atoms with Crippen molar-refractivity contribution < 1.29 is 14.0 Å². The van der Waals surface area contributed by atoms with Crippen molar-refractivity contribution in [3.05, 3.63) is 59.0 Å². The fourth-order valence-corrected chi connectivity index (χ4v) is 4.84. The minimum absolute atomic E-state index is 0.0314. The molecule has 1 aliphatic carbocycles. The van der Waals surface area contributed by atoms with Gasteiger partial charge in [-0.25, -0.2) is 0 Å². The third-order valence-electron chi connectivity index (χ3n) is 6.87. The molecule has 6 nitrogen and oxygen atoms in total. The summed E-state index contributed by atoms with van der Waals surface area (Å²) in [5, 5.41) is 5.87. The van der Waals surface area contributed by atoms with Crippen molar-refractivity contribution in [1.82, 2.24) is 15.5 Å². The van der Waals surface area contributed by atoms with E-state index in [2.05, 4.69) is 66.6 Å². The molecule has 0 atom stereocenters. The Balaban J connectivity index is 1.48. The lowest BCUT2D eigenvalue weighted by Gasteiger charge is -2.44. The van der Waals surface area contributed by atoms with Gasteiger partial charge in [-0.15, -0.1) is 0 Å². The van der Waals surface area contributed by atoms with E-state index in [1.807, 2.05) is 20.8 Å². The summed E-state index contributed by atoms with van der Waals surface area (Å²) in [4.78, 5) is 27.8. The van der Waals surface area contributed by atoms with Crippen LogP contribution in [0.15, 0.2) is 40.8 Å². The molecule has 2 amide bonds. The number of nitrogens with zero attached hydrogens (tertiary/aromatic N) is 1. The highest BCUT2D eigenvalue weighted by atomic mass is 16.3. The van der Waals surface area contributed by atoms with Gasteiger partial charge in [-0.2, -0.15) is 0 Å². The summed E-state index contributed by atoms with van der Waals surface area (Å²) >= 11 is 0. The molecular weight excluding hydrogens is 438 g/mol. The Hall–Kier alpha value is -2.60. The first-order valence-electron chi connectivity index (χ1n) is 12.8. The van der Waals surface area contributed by atoms with Crippen LogP contribution in [0.5, 0.6) is 0 Å². The maximum atomic E-state index is 12.6. The second kappa shape index (κ2) is 11.0. The summed E-state index contributed by atoms with van der Waals surface area (Å²) in [5.41, 5.74) is 1.71. The Morgan fingerprint density at radius 3 is 2.17 bits per heavy atom. The lowest BCUT2D eigenvalue weighted by atomic mass is 9.87. The summed E-state index contributed by atoms with van der Waals surface area (Å²) in [6.45, 7) is 15.6.